The Bertz CT molecular complexity index is 807. The summed E-state index contributed by atoms with van der Waals surface area (Å²) < 4.78 is 7.26. The Balaban J connectivity index is 1.48. The zero-order valence-electron chi connectivity index (χ0n) is 12.3. The lowest BCUT2D eigenvalue weighted by molar-refractivity contribution is -0.123. The monoisotopic (exact) mass is 313 g/mol. The molecule has 0 radical (unpaired) electrons. The van der Waals surface area contributed by atoms with Crippen LogP contribution < -0.4 is 5.32 Å². The maximum Gasteiger partial charge on any atom is 0.231 e. The average Bonchev–Trinajstić information content (AvgIpc) is 3.14. The SMILES string of the molecule is O=C(NCc1nc2ncccc2o1)C1CCCCn2nnnc21. The molecule has 9 heteroatoms. The highest BCUT2D eigenvalue weighted by atomic mass is 16.3. The second-order valence-corrected chi connectivity index (χ2v) is 5.46. The lowest BCUT2D eigenvalue weighted by Gasteiger charge is -2.12. The van der Waals surface area contributed by atoms with Crippen molar-refractivity contribution in [1.29, 1.82) is 0 Å². The summed E-state index contributed by atoms with van der Waals surface area (Å²) in [5.74, 6) is 0.604. The predicted octanol–water partition coefficient (Wildman–Crippen LogP) is 0.793. The zero-order chi connectivity index (χ0) is 15.6. The average molecular weight is 313 g/mol. The first-order valence-corrected chi connectivity index (χ1v) is 7.55. The molecular weight excluding hydrogens is 298 g/mol. The van der Waals surface area contributed by atoms with E-state index in [0.29, 0.717) is 22.9 Å². The normalized spacial score (nSPS) is 17.7. The molecule has 0 spiro atoms. The van der Waals surface area contributed by atoms with Crippen LogP contribution in [0, 0.1) is 0 Å². The molecule has 1 atom stereocenters. The summed E-state index contributed by atoms with van der Waals surface area (Å²) >= 11 is 0. The maximum atomic E-state index is 12.5. The van der Waals surface area contributed by atoms with Crippen LogP contribution >= 0.6 is 0 Å². The van der Waals surface area contributed by atoms with Crippen molar-refractivity contribution in [3.05, 3.63) is 30.0 Å². The minimum atomic E-state index is -0.338. The third kappa shape index (κ3) is 2.65. The first-order valence-electron chi connectivity index (χ1n) is 7.55. The Morgan fingerprint density at radius 2 is 2.39 bits per heavy atom. The van der Waals surface area contributed by atoms with Gasteiger partial charge in [0.15, 0.2) is 17.1 Å². The third-order valence-electron chi connectivity index (χ3n) is 3.92. The van der Waals surface area contributed by atoms with Gasteiger partial charge in [-0.2, -0.15) is 4.98 Å². The van der Waals surface area contributed by atoms with Crippen LogP contribution in [-0.4, -0.2) is 36.1 Å². The Morgan fingerprint density at radius 1 is 1.43 bits per heavy atom. The van der Waals surface area contributed by atoms with Gasteiger partial charge in [-0.3, -0.25) is 4.79 Å². The van der Waals surface area contributed by atoms with E-state index in [2.05, 4.69) is 30.8 Å². The van der Waals surface area contributed by atoms with Crippen LogP contribution in [0.25, 0.3) is 11.2 Å². The molecule has 0 aliphatic carbocycles. The smallest absolute Gasteiger partial charge is 0.231 e. The highest BCUT2D eigenvalue weighted by Crippen LogP contribution is 2.24. The molecule has 3 aromatic rings. The molecule has 4 rings (SSSR count). The van der Waals surface area contributed by atoms with Gasteiger partial charge < -0.3 is 9.73 Å². The minimum Gasteiger partial charge on any atom is -0.437 e. The fourth-order valence-electron chi connectivity index (χ4n) is 2.78. The van der Waals surface area contributed by atoms with Crippen molar-refractivity contribution in [2.75, 3.05) is 0 Å². The number of tetrazole rings is 1. The van der Waals surface area contributed by atoms with Gasteiger partial charge in [-0.15, -0.1) is 5.10 Å². The summed E-state index contributed by atoms with van der Waals surface area (Å²) in [6.45, 7) is 0.968. The van der Waals surface area contributed by atoms with Crippen LogP contribution in [0.3, 0.4) is 0 Å². The summed E-state index contributed by atoms with van der Waals surface area (Å²) in [4.78, 5) is 20.8. The number of rotatable bonds is 3. The van der Waals surface area contributed by atoms with E-state index in [1.54, 1.807) is 23.0 Å². The lowest BCUT2D eigenvalue weighted by Crippen LogP contribution is -2.30. The molecular formula is C14H15N7O2. The number of amides is 1. The number of hydrogen-bond acceptors (Lipinski definition) is 7. The van der Waals surface area contributed by atoms with Crippen LogP contribution in [0.2, 0.25) is 0 Å². The number of fused-ring (bicyclic) bond motifs is 2. The minimum absolute atomic E-state index is 0.113. The van der Waals surface area contributed by atoms with Gasteiger partial charge in [0, 0.05) is 12.7 Å². The topological polar surface area (TPSA) is 112 Å². The molecule has 0 saturated carbocycles. The van der Waals surface area contributed by atoms with E-state index in [1.165, 1.54) is 0 Å². The Hall–Kier alpha value is -2.84. The number of nitrogens with one attached hydrogen (secondary N) is 1. The first kappa shape index (κ1) is 13.8. The maximum absolute atomic E-state index is 12.5. The predicted molar refractivity (Wildman–Crippen MR) is 78.1 cm³/mol. The molecule has 1 N–H and O–H groups in total. The second-order valence-electron chi connectivity index (χ2n) is 5.46. The van der Waals surface area contributed by atoms with E-state index >= 15 is 0 Å². The summed E-state index contributed by atoms with van der Waals surface area (Å²) in [6.07, 6.45) is 4.31. The van der Waals surface area contributed by atoms with Crippen LogP contribution in [0.1, 0.15) is 36.9 Å². The number of pyridine rings is 1. The van der Waals surface area contributed by atoms with Gasteiger partial charge in [-0.1, -0.05) is 6.42 Å². The van der Waals surface area contributed by atoms with Gasteiger partial charge in [0.05, 0.1) is 12.5 Å². The number of oxazole rings is 1. The van der Waals surface area contributed by atoms with Crippen LogP contribution in [0.4, 0.5) is 0 Å². The van der Waals surface area contributed by atoms with E-state index in [4.69, 9.17) is 4.42 Å². The molecule has 3 aromatic heterocycles. The summed E-state index contributed by atoms with van der Waals surface area (Å²) in [5.41, 5.74) is 1.14. The Morgan fingerprint density at radius 3 is 3.30 bits per heavy atom. The number of aryl methyl sites for hydroxylation is 1. The molecule has 1 aliphatic heterocycles. The molecule has 4 heterocycles. The van der Waals surface area contributed by atoms with Crippen LogP contribution in [-0.2, 0) is 17.9 Å². The second kappa shape index (κ2) is 5.75. The number of aromatic nitrogens is 6. The van der Waals surface area contributed by atoms with Gasteiger partial charge in [0.1, 0.15) is 0 Å². The van der Waals surface area contributed by atoms with Gasteiger partial charge >= 0.3 is 0 Å². The summed E-state index contributed by atoms with van der Waals surface area (Å²) in [7, 11) is 0. The highest BCUT2D eigenvalue weighted by molar-refractivity contribution is 5.82. The standard InChI is InChI=1S/C14H15N7O2/c22-14(9-4-1-2-7-21-13(9)18-19-20-21)16-8-11-17-12-10(23-11)5-3-6-15-12/h3,5-6,9H,1-2,4,7-8H2,(H,16,22). The van der Waals surface area contributed by atoms with Crippen molar-refractivity contribution in [2.45, 2.75) is 38.3 Å². The number of hydrogen-bond donors (Lipinski definition) is 1. The molecule has 118 valence electrons. The van der Waals surface area contributed by atoms with Gasteiger partial charge in [0.25, 0.3) is 0 Å². The molecule has 0 saturated heterocycles. The molecule has 0 bridgehead atoms. The molecule has 1 aliphatic rings. The van der Waals surface area contributed by atoms with Crippen LogP contribution in [0.5, 0.6) is 0 Å². The van der Waals surface area contributed by atoms with Crippen molar-refractivity contribution in [3.8, 4) is 0 Å². The molecule has 9 nitrogen and oxygen atoms in total. The first-order chi connectivity index (χ1) is 11.3. The molecule has 0 aromatic carbocycles. The van der Waals surface area contributed by atoms with E-state index in [9.17, 15) is 4.79 Å². The molecule has 1 amide bonds. The number of nitrogens with zero attached hydrogens (tertiary/aromatic N) is 6. The van der Waals surface area contributed by atoms with Crippen molar-refractivity contribution in [3.63, 3.8) is 0 Å². The molecule has 1 unspecified atom stereocenters. The lowest BCUT2D eigenvalue weighted by atomic mass is 10.0. The fraction of sp³-hybridized carbons (Fsp3) is 0.429. The van der Waals surface area contributed by atoms with E-state index in [-0.39, 0.29) is 18.4 Å². The van der Waals surface area contributed by atoms with Crippen molar-refractivity contribution < 1.29 is 9.21 Å². The van der Waals surface area contributed by atoms with E-state index < -0.39 is 0 Å². The Labute approximate surface area is 131 Å². The van der Waals surface area contributed by atoms with Gasteiger partial charge in [-0.25, -0.2) is 9.67 Å². The van der Waals surface area contributed by atoms with Gasteiger partial charge in [0.2, 0.25) is 11.8 Å². The molecule has 0 fully saturated rings. The zero-order valence-corrected chi connectivity index (χ0v) is 12.3. The van der Waals surface area contributed by atoms with Gasteiger partial charge in [-0.05, 0) is 35.4 Å². The van der Waals surface area contributed by atoms with Crippen molar-refractivity contribution >= 4 is 17.1 Å². The summed E-state index contributed by atoms with van der Waals surface area (Å²) in [6, 6.07) is 3.57. The van der Waals surface area contributed by atoms with Crippen LogP contribution in [0.15, 0.2) is 22.7 Å². The number of carbonyl (C=O) groups is 1. The Kier molecular flexibility index (Phi) is 3.45. The summed E-state index contributed by atoms with van der Waals surface area (Å²) in [5, 5.41) is 14.5. The van der Waals surface area contributed by atoms with Crippen molar-refractivity contribution in [2.24, 2.45) is 0 Å². The molecule has 23 heavy (non-hydrogen) atoms. The quantitative estimate of drug-likeness (QED) is 0.760. The third-order valence-corrected chi connectivity index (χ3v) is 3.92. The van der Waals surface area contributed by atoms with E-state index in [0.717, 1.165) is 25.8 Å². The number of carbonyl (C=O) groups excluding carboxylic acids is 1. The van der Waals surface area contributed by atoms with E-state index in [1.807, 2.05) is 0 Å². The highest BCUT2D eigenvalue weighted by Gasteiger charge is 2.28. The van der Waals surface area contributed by atoms with Crippen molar-refractivity contribution in [1.82, 2.24) is 35.5 Å². The largest absolute Gasteiger partial charge is 0.437 e. The fourth-order valence-corrected chi connectivity index (χ4v) is 2.78.